The molecule has 0 fully saturated rings. The Morgan fingerprint density at radius 1 is 1.20 bits per heavy atom. The van der Waals surface area contributed by atoms with E-state index in [1.165, 1.54) is 11.1 Å². The molecule has 2 aromatic rings. The van der Waals surface area contributed by atoms with Crippen molar-refractivity contribution in [3.8, 4) is 0 Å². The summed E-state index contributed by atoms with van der Waals surface area (Å²) >= 11 is 8.60. The van der Waals surface area contributed by atoms with Crippen LogP contribution >= 0.6 is 28.1 Å². The maximum Gasteiger partial charge on any atom is 0.106 e. The van der Waals surface area contributed by atoms with Gasteiger partial charge in [-0.25, -0.2) is 0 Å². The van der Waals surface area contributed by atoms with Gasteiger partial charge in [0.15, 0.2) is 0 Å². The van der Waals surface area contributed by atoms with E-state index in [-0.39, 0.29) is 0 Å². The third kappa shape index (κ3) is 3.58. The fourth-order valence-corrected chi connectivity index (χ4v) is 2.62. The summed E-state index contributed by atoms with van der Waals surface area (Å²) < 4.78 is 0.979. The lowest BCUT2D eigenvalue weighted by atomic mass is 10.1. The van der Waals surface area contributed by atoms with Crippen molar-refractivity contribution < 1.29 is 0 Å². The van der Waals surface area contributed by atoms with Crippen LogP contribution in [0, 0.1) is 6.92 Å². The first-order chi connectivity index (χ1) is 9.47. The zero-order valence-electron chi connectivity index (χ0n) is 11.6. The van der Waals surface area contributed by atoms with Crippen LogP contribution in [0.1, 0.15) is 16.7 Å². The highest BCUT2D eigenvalue weighted by Gasteiger charge is 2.10. The second-order valence-electron chi connectivity index (χ2n) is 4.87. The van der Waals surface area contributed by atoms with Crippen LogP contribution in [0.3, 0.4) is 0 Å². The van der Waals surface area contributed by atoms with Gasteiger partial charge in [-0.15, -0.1) is 0 Å². The first kappa shape index (κ1) is 15.0. The number of rotatable bonds is 4. The van der Waals surface area contributed by atoms with Crippen molar-refractivity contribution in [2.75, 3.05) is 11.9 Å². The van der Waals surface area contributed by atoms with E-state index < -0.39 is 0 Å². The standard InChI is InChI=1S/C16H17BrN2S/c1-11-3-5-12(6-4-11)10-19(2)15-8-7-13(17)9-14(15)16(18)20/h3-9H,10H2,1-2H3,(H2,18,20). The zero-order valence-corrected chi connectivity index (χ0v) is 14.0. The Balaban J connectivity index is 2.27. The third-order valence-corrected chi connectivity index (χ3v) is 3.89. The van der Waals surface area contributed by atoms with Crippen LogP contribution in [0.25, 0.3) is 0 Å². The molecular formula is C16H17BrN2S. The lowest BCUT2D eigenvalue weighted by Crippen LogP contribution is -2.21. The molecule has 4 heteroatoms. The van der Waals surface area contributed by atoms with Crippen LogP contribution in [-0.2, 0) is 6.54 Å². The Bertz CT molecular complexity index is 623. The molecule has 0 saturated heterocycles. The van der Waals surface area contributed by atoms with E-state index in [1.54, 1.807) is 0 Å². The van der Waals surface area contributed by atoms with Gasteiger partial charge < -0.3 is 10.6 Å². The van der Waals surface area contributed by atoms with Crippen molar-refractivity contribution >= 4 is 38.8 Å². The molecule has 0 unspecified atom stereocenters. The molecule has 0 radical (unpaired) electrons. The van der Waals surface area contributed by atoms with Crippen LogP contribution in [0.2, 0.25) is 0 Å². The highest BCUT2D eigenvalue weighted by atomic mass is 79.9. The molecule has 0 spiro atoms. The maximum absolute atomic E-state index is 5.82. The van der Waals surface area contributed by atoms with Gasteiger partial charge in [-0.3, -0.25) is 0 Å². The molecule has 2 N–H and O–H groups in total. The topological polar surface area (TPSA) is 29.3 Å². The van der Waals surface area contributed by atoms with Crippen molar-refractivity contribution in [1.82, 2.24) is 0 Å². The predicted octanol–water partition coefficient (Wildman–Crippen LogP) is 4.03. The Morgan fingerprint density at radius 2 is 1.85 bits per heavy atom. The van der Waals surface area contributed by atoms with Gasteiger partial charge in [0.2, 0.25) is 0 Å². The summed E-state index contributed by atoms with van der Waals surface area (Å²) in [7, 11) is 2.05. The normalized spacial score (nSPS) is 10.3. The first-order valence-electron chi connectivity index (χ1n) is 6.33. The van der Waals surface area contributed by atoms with E-state index in [2.05, 4.69) is 52.0 Å². The largest absolute Gasteiger partial charge is 0.389 e. The van der Waals surface area contributed by atoms with Crippen molar-refractivity contribution in [3.05, 3.63) is 63.6 Å². The lowest BCUT2D eigenvalue weighted by molar-refractivity contribution is 0.921. The van der Waals surface area contributed by atoms with Gasteiger partial charge >= 0.3 is 0 Å². The fourth-order valence-electron chi connectivity index (χ4n) is 2.09. The summed E-state index contributed by atoms with van der Waals surface area (Å²) in [6, 6.07) is 14.5. The number of hydrogen-bond acceptors (Lipinski definition) is 2. The van der Waals surface area contributed by atoms with E-state index in [9.17, 15) is 0 Å². The Labute approximate surface area is 133 Å². The monoisotopic (exact) mass is 348 g/mol. The van der Waals surface area contributed by atoms with Gasteiger partial charge in [-0.1, -0.05) is 58.0 Å². The van der Waals surface area contributed by atoms with Gasteiger partial charge in [0.05, 0.1) is 0 Å². The molecule has 0 amide bonds. The van der Waals surface area contributed by atoms with Gasteiger partial charge in [0, 0.05) is 29.3 Å². The molecule has 0 aliphatic heterocycles. The van der Waals surface area contributed by atoms with E-state index >= 15 is 0 Å². The van der Waals surface area contributed by atoms with Gasteiger partial charge in [-0.2, -0.15) is 0 Å². The van der Waals surface area contributed by atoms with Crippen LogP contribution in [0.4, 0.5) is 5.69 Å². The second kappa shape index (κ2) is 6.37. The molecule has 0 saturated carbocycles. The van der Waals surface area contributed by atoms with Gasteiger partial charge in [-0.05, 0) is 30.7 Å². The lowest BCUT2D eigenvalue weighted by Gasteiger charge is -2.22. The molecule has 0 aliphatic rings. The first-order valence-corrected chi connectivity index (χ1v) is 7.53. The average molecular weight is 349 g/mol. The van der Waals surface area contributed by atoms with Gasteiger partial charge in [0.25, 0.3) is 0 Å². The Kier molecular flexibility index (Phi) is 4.78. The minimum atomic E-state index is 0.414. The number of nitrogens with zero attached hydrogens (tertiary/aromatic N) is 1. The number of anilines is 1. The van der Waals surface area contributed by atoms with Gasteiger partial charge in [0.1, 0.15) is 4.99 Å². The molecule has 0 heterocycles. The molecule has 0 atom stereocenters. The summed E-state index contributed by atoms with van der Waals surface area (Å²) in [6.45, 7) is 2.91. The summed E-state index contributed by atoms with van der Waals surface area (Å²) in [5.74, 6) is 0. The highest BCUT2D eigenvalue weighted by Crippen LogP contribution is 2.25. The van der Waals surface area contributed by atoms with E-state index in [1.807, 2.05) is 25.2 Å². The van der Waals surface area contributed by atoms with E-state index in [0.717, 1.165) is 22.3 Å². The van der Waals surface area contributed by atoms with Crippen molar-refractivity contribution in [1.29, 1.82) is 0 Å². The number of halogens is 1. The second-order valence-corrected chi connectivity index (χ2v) is 6.22. The molecule has 20 heavy (non-hydrogen) atoms. The van der Waals surface area contributed by atoms with E-state index in [0.29, 0.717) is 4.99 Å². The van der Waals surface area contributed by atoms with Crippen LogP contribution in [-0.4, -0.2) is 12.0 Å². The fraction of sp³-hybridized carbons (Fsp3) is 0.188. The van der Waals surface area contributed by atoms with Crippen LogP contribution in [0.5, 0.6) is 0 Å². The summed E-state index contributed by atoms with van der Waals surface area (Å²) in [4.78, 5) is 2.57. The number of benzene rings is 2. The average Bonchev–Trinajstić information content (AvgIpc) is 2.41. The van der Waals surface area contributed by atoms with Crippen LogP contribution in [0.15, 0.2) is 46.9 Å². The van der Waals surface area contributed by atoms with Crippen molar-refractivity contribution in [2.24, 2.45) is 5.73 Å². The molecule has 2 nitrogen and oxygen atoms in total. The molecule has 104 valence electrons. The molecule has 0 bridgehead atoms. The van der Waals surface area contributed by atoms with Crippen molar-refractivity contribution in [3.63, 3.8) is 0 Å². The SMILES string of the molecule is Cc1ccc(CN(C)c2ccc(Br)cc2C(N)=S)cc1. The number of nitrogens with two attached hydrogens (primary N) is 1. The highest BCUT2D eigenvalue weighted by molar-refractivity contribution is 9.10. The smallest absolute Gasteiger partial charge is 0.106 e. The van der Waals surface area contributed by atoms with Crippen LogP contribution < -0.4 is 10.6 Å². The molecule has 2 aromatic carbocycles. The minimum absolute atomic E-state index is 0.414. The zero-order chi connectivity index (χ0) is 14.7. The quantitative estimate of drug-likeness (QED) is 0.845. The summed E-state index contributed by atoms with van der Waals surface area (Å²) in [5.41, 5.74) is 10.3. The Morgan fingerprint density at radius 3 is 2.45 bits per heavy atom. The van der Waals surface area contributed by atoms with Crippen molar-refractivity contribution in [2.45, 2.75) is 13.5 Å². The molecule has 0 aromatic heterocycles. The minimum Gasteiger partial charge on any atom is -0.389 e. The molecular weight excluding hydrogens is 332 g/mol. The predicted molar refractivity (Wildman–Crippen MR) is 93.3 cm³/mol. The number of aryl methyl sites for hydroxylation is 1. The maximum atomic E-state index is 5.82. The van der Waals surface area contributed by atoms with E-state index in [4.69, 9.17) is 18.0 Å². The number of thiocarbonyl (C=S) groups is 1. The summed E-state index contributed by atoms with van der Waals surface area (Å²) in [6.07, 6.45) is 0. The molecule has 0 aliphatic carbocycles. The summed E-state index contributed by atoms with van der Waals surface area (Å²) in [5, 5.41) is 0. The third-order valence-electron chi connectivity index (χ3n) is 3.18. The number of hydrogen-bond donors (Lipinski definition) is 1. The Hall–Kier alpha value is -1.39. The molecule has 2 rings (SSSR count).